The molecule has 4 aromatic heterocycles. The number of fused-ring (bicyclic) bond motifs is 3. The lowest BCUT2D eigenvalue weighted by Gasteiger charge is -2.32. The van der Waals surface area contributed by atoms with Gasteiger partial charge < -0.3 is 20.3 Å². The number of ether oxygens (including phenoxy) is 1. The number of hydrogen-bond acceptors (Lipinski definition) is 10. The third-order valence-electron chi connectivity index (χ3n) is 7.22. The van der Waals surface area contributed by atoms with Gasteiger partial charge in [-0.05, 0) is 43.5 Å². The van der Waals surface area contributed by atoms with Crippen molar-refractivity contribution in [3.05, 3.63) is 42.2 Å². The summed E-state index contributed by atoms with van der Waals surface area (Å²) in [4.78, 5) is 7.17. The SMILES string of the molecule is N#Cc1cnn2c(-c3cc(N[C@@H]4CCOC4)c(-c4nnc(N5CC6CCC(C5)N6)s4)cn3)ccc2c1. The third-order valence-corrected chi connectivity index (χ3v) is 8.23. The minimum absolute atomic E-state index is 0.232. The summed E-state index contributed by atoms with van der Waals surface area (Å²) in [6, 6.07) is 11.3. The normalized spacial score (nSPS) is 23.3. The summed E-state index contributed by atoms with van der Waals surface area (Å²) in [5, 5.41) is 32.0. The van der Waals surface area contributed by atoms with Gasteiger partial charge in [-0.2, -0.15) is 10.4 Å². The molecule has 2 bridgehead atoms. The molecule has 4 aromatic rings. The van der Waals surface area contributed by atoms with E-state index < -0.39 is 0 Å². The first-order chi connectivity index (χ1) is 17.7. The maximum absolute atomic E-state index is 9.20. The van der Waals surface area contributed by atoms with Gasteiger partial charge in [0.25, 0.3) is 0 Å². The van der Waals surface area contributed by atoms with E-state index in [1.807, 2.05) is 28.9 Å². The zero-order valence-corrected chi connectivity index (χ0v) is 20.4. The number of piperazine rings is 1. The third kappa shape index (κ3) is 3.87. The number of hydrogen-bond donors (Lipinski definition) is 2. The van der Waals surface area contributed by atoms with Crippen LogP contribution in [0.5, 0.6) is 0 Å². The molecular weight excluding hydrogens is 474 g/mol. The Kier molecular flexibility index (Phi) is 5.31. The second-order valence-electron chi connectivity index (χ2n) is 9.66. The Bertz CT molecular complexity index is 1460. The Morgan fingerprint density at radius 2 is 2.00 bits per heavy atom. The predicted molar refractivity (Wildman–Crippen MR) is 137 cm³/mol. The average Bonchev–Trinajstić information content (AvgIpc) is 3.71. The van der Waals surface area contributed by atoms with E-state index in [9.17, 15) is 5.26 Å². The van der Waals surface area contributed by atoms with Gasteiger partial charge in [0.2, 0.25) is 5.13 Å². The second-order valence-corrected chi connectivity index (χ2v) is 10.6. The van der Waals surface area contributed by atoms with Gasteiger partial charge in [-0.25, -0.2) is 4.52 Å². The van der Waals surface area contributed by atoms with E-state index in [2.05, 4.69) is 43.0 Å². The van der Waals surface area contributed by atoms with Crippen molar-refractivity contribution < 1.29 is 4.74 Å². The molecule has 2 unspecified atom stereocenters. The molecule has 2 N–H and O–H groups in total. The Balaban J connectivity index is 1.25. The lowest BCUT2D eigenvalue weighted by atomic mass is 10.1. The zero-order chi connectivity index (χ0) is 24.1. The zero-order valence-electron chi connectivity index (χ0n) is 19.6. The molecule has 0 saturated carbocycles. The van der Waals surface area contributed by atoms with Crippen LogP contribution in [0.2, 0.25) is 0 Å². The molecule has 3 saturated heterocycles. The highest BCUT2D eigenvalue weighted by molar-refractivity contribution is 7.18. The van der Waals surface area contributed by atoms with Crippen molar-refractivity contribution in [1.82, 2.24) is 30.1 Å². The van der Waals surface area contributed by atoms with Crippen LogP contribution in [-0.2, 0) is 4.74 Å². The van der Waals surface area contributed by atoms with Gasteiger partial charge in [0.05, 0.1) is 46.9 Å². The van der Waals surface area contributed by atoms with Crippen molar-refractivity contribution >= 4 is 27.7 Å². The predicted octanol–water partition coefficient (Wildman–Crippen LogP) is 2.93. The molecule has 10 nitrogen and oxygen atoms in total. The summed E-state index contributed by atoms with van der Waals surface area (Å²) in [7, 11) is 0. The van der Waals surface area contributed by atoms with Crippen molar-refractivity contribution in [3.8, 4) is 28.0 Å². The maximum Gasteiger partial charge on any atom is 0.208 e. The lowest BCUT2D eigenvalue weighted by molar-refractivity contribution is 0.195. The standard InChI is InChI=1S/C25H25N9OS/c26-9-15-7-19-3-4-23(34(19)28-10-15)22-8-21(30-18-5-6-35-14-18)20(11-27-22)24-31-32-25(36-24)33-12-16-1-2-17(13-33)29-16/h3-4,7-8,10-11,16-18,29H,1-2,5-6,12-14H2,(H,27,30)/t16?,17?,18-/m1/s1. The van der Waals surface area contributed by atoms with Crippen LogP contribution in [-0.4, -0.2) is 69.2 Å². The van der Waals surface area contributed by atoms with Gasteiger partial charge in [-0.3, -0.25) is 4.98 Å². The molecular formula is C25H25N9OS. The van der Waals surface area contributed by atoms with E-state index in [4.69, 9.17) is 9.72 Å². The Morgan fingerprint density at radius 1 is 1.11 bits per heavy atom. The molecule has 3 aliphatic heterocycles. The number of aromatic nitrogens is 5. The van der Waals surface area contributed by atoms with E-state index in [1.165, 1.54) is 12.8 Å². The van der Waals surface area contributed by atoms with Crippen LogP contribution in [0.1, 0.15) is 24.8 Å². The Hall–Kier alpha value is -3.59. The van der Waals surface area contributed by atoms with E-state index in [-0.39, 0.29) is 6.04 Å². The molecule has 3 fully saturated rings. The van der Waals surface area contributed by atoms with Crippen LogP contribution in [0.3, 0.4) is 0 Å². The fourth-order valence-electron chi connectivity index (χ4n) is 5.41. The van der Waals surface area contributed by atoms with Crippen LogP contribution in [0.25, 0.3) is 27.5 Å². The number of rotatable bonds is 5. The fourth-order valence-corrected chi connectivity index (χ4v) is 6.30. The molecule has 182 valence electrons. The highest BCUT2D eigenvalue weighted by Crippen LogP contribution is 2.37. The van der Waals surface area contributed by atoms with Crippen LogP contribution in [0.15, 0.2) is 36.7 Å². The second kappa shape index (κ2) is 8.81. The topological polar surface area (TPSA) is 116 Å². The fraction of sp³-hybridized carbons (Fsp3) is 0.400. The van der Waals surface area contributed by atoms with Crippen molar-refractivity contribution in [2.24, 2.45) is 0 Å². The summed E-state index contributed by atoms with van der Waals surface area (Å²) < 4.78 is 7.42. The first-order valence-corrected chi connectivity index (χ1v) is 13.1. The summed E-state index contributed by atoms with van der Waals surface area (Å²) >= 11 is 1.62. The number of nitriles is 1. The van der Waals surface area contributed by atoms with Gasteiger partial charge in [0.1, 0.15) is 6.07 Å². The van der Waals surface area contributed by atoms with Gasteiger partial charge in [0.15, 0.2) is 5.01 Å². The molecule has 7 rings (SSSR count). The molecule has 0 aliphatic carbocycles. The van der Waals surface area contributed by atoms with Gasteiger partial charge in [-0.15, -0.1) is 10.2 Å². The molecule has 3 aliphatic rings. The molecule has 0 amide bonds. The van der Waals surface area contributed by atoms with Gasteiger partial charge >= 0.3 is 0 Å². The van der Waals surface area contributed by atoms with E-state index in [1.54, 1.807) is 17.5 Å². The van der Waals surface area contributed by atoms with Gasteiger partial charge in [0, 0.05) is 43.7 Å². The molecule has 11 heteroatoms. The van der Waals surface area contributed by atoms with Gasteiger partial charge in [-0.1, -0.05) is 11.3 Å². The van der Waals surface area contributed by atoms with Crippen molar-refractivity contribution in [2.75, 3.05) is 36.5 Å². The molecule has 3 atom stereocenters. The van der Waals surface area contributed by atoms with E-state index in [0.717, 1.165) is 64.4 Å². The van der Waals surface area contributed by atoms with Crippen molar-refractivity contribution in [3.63, 3.8) is 0 Å². The average molecular weight is 500 g/mol. The highest BCUT2D eigenvalue weighted by atomic mass is 32.1. The van der Waals surface area contributed by atoms with Crippen molar-refractivity contribution in [2.45, 2.75) is 37.4 Å². The highest BCUT2D eigenvalue weighted by Gasteiger charge is 2.33. The minimum atomic E-state index is 0.232. The summed E-state index contributed by atoms with van der Waals surface area (Å²) in [6.45, 7) is 3.39. The van der Waals surface area contributed by atoms with E-state index >= 15 is 0 Å². The first kappa shape index (κ1) is 21.7. The maximum atomic E-state index is 9.20. The number of anilines is 2. The minimum Gasteiger partial charge on any atom is -0.379 e. The van der Waals surface area contributed by atoms with Crippen LogP contribution in [0.4, 0.5) is 10.8 Å². The van der Waals surface area contributed by atoms with Crippen LogP contribution in [0, 0.1) is 11.3 Å². The Morgan fingerprint density at radius 3 is 2.81 bits per heavy atom. The molecule has 0 aromatic carbocycles. The lowest BCUT2D eigenvalue weighted by Crippen LogP contribution is -2.51. The van der Waals surface area contributed by atoms with Crippen LogP contribution >= 0.6 is 11.3 Å². The summed E-state index contributed by atoms with van der Waals surface area (Å²) in [5.74, 6) is 0. The van der Waals surface area contributed by atoms with Crippen molar-refractivity contribution in [1.29, 1.82) is 5.26 Å². The molecule has 0 spiro atoms. The quantitative estimate of drug-likeness (QED) is 0.427. The summed E-state index contributed by atoms with van der Waals surface area (Å²) in [6.07, 6.45) is 6.87. The largest absolute Gasteiger partial charge is 0.379 e. The molecule has 36 heavy (non-hydrogen) atoms. The molecule has 0 radical (unpaired) electrons. The smallest absolute Gasteiger partial charge is 0.208 e. The Labute approximate surface area is 211 Å². The van der Waals surface area contributed by atoms with E-state index in [0.29, 0.717) is 24.3 Å². The number of nitrogens with zero attached hydrogens (tertiary/aromatic N) is 7. The monoisotopic (exact) mass is 499 g/mol. The first-order valence-electron chi connectivity index (χ1n) is 12.3. The summed E-state index contributed by atoms with van der Waals surface area (Å²) in [5.41, 5.74) is 4.94. The number of nitrogens with one attached hydrogen (secondary N) is 2. The van der Waals surface area contributed by atoms with Crippen LogP contribution < -0.4 is 15.5 Å². The number of pyridine rings is 1. The molecule has 7 heterocycles.